The summed E-state index contributed by atoms with van der Waals surface area (Å²) in [5.74, 6) is -0.122. The predicted octanol–water partition coefficient (Wildman–Crippen LogP) is 2.92. The highest BCUT2D eigenvalue weighted by Gasteiger charge is 2.11. The molecule has 0 aliphatic carbocycles. The maximum atomic E-state index is 10.4. The molecule has 0 aliphatic heterocycles. The van der Waals surface area contributed by atoms with Crippen LogP contribution in [0.4, 0.5) is 0 Å². The number of nitrogens with one attached hydrogen (secondary N) is 1. The van der Waals surface area contributed by atoms with Crippen molar-refractivity contribution in [3.63, 3.8) is 0 Å². The highest BCUT2D eigenvalue weighted by atomic mass is 79.9. The maximum absolute atomic E-state index is 10.4. The Bertz CT molecular complexity index is 493. The van der Waals surface area contributed by atoms with Crippen LogP contribution in [0.2, 0.25) is 0 Å². The number of thiophene rings is 1. The normalized spacial score (nSPS) is 10.6. The van der Waals surface area contributed by atoms with Crippen molar-refractivity contribution >= 4 is 33.2 Å². The topological polar surface area (TPSA) is 66.0 Å². The fourth-order valence-corrected chi connectivity index (χ4v) is 2.70. The van der Waals surface area contributed by atoms with Crippen LogP contribution in [-0.2, 0) is 11.2 Å². The summed E-state index contributed by atoms with van der Waals surface area (Å²) in [5.41, 5.74) is 0.843. The van der Waals surface area contributed by atoms with Crippen LogP contribution in [0.5, 0.6) is 0 Å². The third-order valence-electron chi connectivity index (χ3n) is 2.04. The molecular weight excluding hydrogens is 292 g/mol. The molecule has 2 aromatic rings. The van der Waals surface area contributed by atoms with Crippen LogP contribution >= 0.6 is 27.3 Å². The van der Waals surface area contributed by atoms with Crippen molar-refractivity contribution < 1.29 is 9.90 Å². The van der Waals surface area contributed by atoms with Crippen molar-refractivity contribution in [3.05, 3.63) is 27.9 Å². The molecule has 0 spiro atoms. The molecule has 0 aliphatic rings. The highest BCUT2D eigenvalue weighted by molar-refractivity contribution is 9.10. The molecule has 84 valence electrons. The zero-order valence-electron chi connectivity index (χ0n) is 8.24. The Balaban J connectivity index is 2.19. The minimum Gasteiger partial charge on any atom is -0.481 e. The summed E-state index contributed by atoms with van der Waals surface area (Å²) in [7, 11) is 0. The molecule has 16 heavy (non-hydrogen) atoms. The second-order valence-corrected chi connectivity index (χ2v) is 4.96. The fourth-order valence-electron chi connectivity index (χ4n) is 1.32. The van der Waals surface area contributed by atoms with Crippen LogP contribution in [0, 0.1) is 0 Å². The van der Waals surface area contributed by atoms with Gasteiger partial charge in [-0.2, -0.15) is 0 Å². The van der Waals surface area contributed by atoms with E-state index in [9.17, 15) is 4.79 Å². The van der Waals surface area contributed by atoms with Crippen molar-refractivity contribution in [2.24, 2.45) is 0 Å². The lowest BCUT2D eigenvalue weighted by atomic mass is 10.3. The number of aliphatic carboxylic acids is 1. The van der Waals surface area contributed by atoms with Gasteiger partial charge in [0.25, 0.3) is 0 Å². The molecule has 0 radical (unpaired) electrons. The Morgan fingerprint density at radius 3 is 3.06 bits per heavy atom. The molecule has 0 saturated heterocycles. The summed E-state index contributed by atoms with van der Waals surface area (Å²) in [6.45, 7) is 0. The molecule has 0 amide bonds. The van der Waals surface area contributed by atoms with E-state index in [-0.39, 0.29) is 6.42 Å². The average Bonchev–Trinajstić information content (AvgIpc) is 2.83. The largest absolute Gasteiger partial charge is 0.481 e. The van der Waals surface area contributed by atoms with E-state index < -0.39 is 5.97 Å². The van der Waals surface area contributed by atoms with Crippen molar-refractivity contribution in [1.29, 1.82) is 0 Å². The minimum absolute atomic E-state index is 0.0871. The lowest BCUT2D eigenvalue weighted by molar-refractivity contribution is -0.137. The lowest BCUT2D eigenvalue weighted by Crippen LogP contribution is -1.98. The Labute approximate surface area is 104 Å². The van der Waals surface area contributed by atoms with E-state index in [4.69, 9.17) is 5.11 Å². The first-order valence-electron chi connectivity index (χ1n) is 4.67. The first-order chi connectivity index (χ1) is 7.66. The van der Waals surface area contributed by atoms with Crippen LogP contribution < -0.4 is 0 Å². The number of hydrogen-bond donors (Lipinski definition) is 2. The summed E-state index contributed by atoms with van der Waals surface area (Å²) in [6, 6.07) is 3.94. The third-order valence-corrected chi connectivity index (χ3v) is 3.49. The molecule has 2 rings (SSSR count). The van der Waals surface area contributed by atoms with Crippen molar-refractivity contribution in [3.8, 4) is 10.6 Å². The second kappa shape index (κ2) is 4.80. The molecule has 0 bridgehead atoms. The highest BCUT2D eigenvalue weighted by Crippen LogP contribution is 2.29. The van der Waals surface area contributed by atoms with Crippen LogP contribution in [0.15, 0.2) is 22.1 Å². The maximum Gasteiger partial charge on any atom is 0.303 e. The molecule has 2 aromatic heterocycles. The number of rotatable bonds is 4. The van der Waals surface area contributed by atoms with E-state index >= 15 is 0 Å². The van der Waals surface area contributed by atoms with Gasteiger partial charge in [0.2, 0.25) is 0 Å². The van der Waals surface area contributed by atoms with E-state index in [0.29, 0.717) is 12.2 Å². The Kier molecular flexibility index (Phi) is 3.40. The summed E-state index contributed by atoms with van der Waals surface area (Å²) >= 11 is 4.99. The molecule has 0 unspecified atom stereocenters. The number of carboxylic acids is 1. The second-order valence-electron chi connectivity index (χ2n) is 3.22. The van der Waals surface area contributed by atoms with E-state index in [0.717, 1.165) is 15.2 Å². The van der Waals surface area contributed by atoms with Gasteiger partial charge in [-0.15, -0.1) is 11.3 Å². The zero-order valence-corrected chi connectivity index (χ0v) is 10.6. The van der Waals surface area contributed by atoms with Gasteiger partial charge in [-0.25, -0.2) is 4.98 Å². The van der Waals surface area contributed by atoms with Crippen molar-refractivity contribution in [2.45, 2.75) is 12.8 Å². The Morgan fingerprint density at radius 2 is 2.44 bits per heavy atom. The van der Waals surface area contributed by atoms with Gasteiger partial charge >= 0.3 is 5.97 Å². The number of halogens is 1. The van der Waals surface area contributed by atoms with E-state index in [1.54, 1.807) is 11.3 Å². The van der Waals surface area contributed by atoms with E-state index in [1.165, 1.54) is 0 Å². The van der Waals surface area contributed by atoms with Crippen LogP contribution in [0.25, 0.3) is 10.6 Å². The third kappa shape index (κ3) is 2.51. The molecule has 2 heterocycles. The van der Waals surface area contributed by atoms with Gasteiger partial charge in [0.1, 0.15) is 16.1 Å². The van der Waals surface area contributed by atoms with Gasteiger partial charge in [0.05, 0.1) is 11.3 Å². The van der Waals surface area contributed by atoms with Gasteiger partial charge in [0, 0.05) is 6.42 Å². The number of hydrogen-bond acceptors (Lipinski definition) is 3. The lowest BCUT2D eigenvalue weighted by Gasteiger charge is -1.90. The van der Waals surface area contributed by atoms with E-state index in [2.05, 4.69) is 25.9 Å². The zero-order chi connectivity index (χ0) is 11.5. The molecule has 4 nitrogen and oxygen atoms in total. The van der Waals surface area contributed by atoms with Crippen LogP contribution in [-0.4, -0.2) is 21.0 Å². The molecular formula is C10H9BrN2O2S. The smallest absolute Gasteiger partial charge is 0.303 e. The van der Waals surface area contributed by atoms with Gasteiger partial charge in [-0.3, -0.25) is 4.79 Å². The van der Waals surface area contributed by atoms with Gasteiger partial charge in [-0.05, 0) is 27.4 Å². The molecule has 0 aromatic carbocycles. The Hall–Kier alpha value is -1.14. The molecule has 0 fully saturated rings. The first-order valence-corrected chi connectivity index (χ1v) is 6.34. The number of nitrogens with zero attached hydrogens (tertiary/aromatic N) is 1. The number of aromatic nitrogens is 2. The summed E-state index contributed by atoms with van der Waals surface area (Å²) < 4.78 is 0.801. The molecule has 2 N–H and O–H groups in total. The number of carbonyl (C=O) groups is 1. The summed E-state index contributed by atoms with van der Waals surface area (Å²) in [4.78, 5) is 18.9. The Morgan fingerprint density at radius 1 is 1.62 bits per heavy atom. The van der Waals surface area contributed by atoms with Crippen LogP contribution in [0.1, 0.15) is 12.2 Å². The molecule has 6 heteroatoms. The van der Waals surface area contributed by atoms with Crippen molar-refractivity contribution in [1.82, 2.24) is 9.97 Å². The van der Waals surface area contributed by atoms with Gasteiger partial charge in [-0.1, -0.05) is 6.07 Å². The minimum atomic E-state index is -0.815. The van der Waals surface area contributed by atoms with Crippen molar-refractivity contribution in [2.75, 3.05) is 0 Å². The number of H-pyrrole nitrogens is 1. The molecule has 0 saturated carbocycles. The number of carboxylic acid groups (broad SMARTS) is 1. The molecule has 0 atom stereocenters. The SMILES string of the molecule is O=C(O)CCc1nc(-c2cccs2)c(Br)[nH]1. The quantitative estimate of drug-likeness (QED) is 0.912. The summed E-state index contributed by atoms with van der Waals surface area (Å²) in [5, 5.41) is 10.6. The number of imidazole rings is 1. The van der Waals surface area contributed by atoms with E-state index in [1.807, 2.05) is 17.5 Å². The summed E-state index contributed by atoms with van der Waals surface area (Å²) in [6.07, 6.45) is 0.503. The van der Waals surface area contributed by atoms with Gasteiger partial charge in [0.15, 0.2) is 0 Å². The first kappa shape index (κ1) is 11.3. The monoisotopic (exact) mass is 300 g/mol. The fraction of sp³-hybridized carbons (Fsp3) is 0.200. The predicted molar refractivity (Wildman–Crippen MR) is 65.6 cm³/mol. The standard InChI is InChI=1S/C10H9BrN2O2S/c11-10-9(6-2-1-5-16-6)12-7(13-10)3-4-8(14)15/h1-2,5H,3-4H2,(H,12,13)(H,14,15). The van der Waals surface area contributed by atoms with Crippen LogP contribution in [0.3, 0.4) is 0 Å². The average molecular weight is 301 g/mol. The number of aryl methyl sites for hydroxylation is 1. The van der Waals surface area contributed by atoms with Gasteiger partial charge < -0.3 is 10.1 Å². The number of aromatic amines is 1.